The van der Waals surface area contributed by atoms with Gasteiger partial charge in [-0.05, 0) is 37.5 Å². The molecule has 0 heterocycles. The minimum Gasteiger partial charge on any atom is -0.392 e. The van der Waals surface area contributed by atoms with Crippen LogP contribution in [-0.4, -0.2) is 19.6 Å². The molecule has 1 aromatic carbocycles. The molecule has 0 amide bonds. The van der Waals surface area contributed by atoms with Gasteiger partial charge in [-0.2, -0.15) is 0 Å². The van der Waals surface area contributed by atoms with Crippen LogP contribution in [0.1, 0.15) is 31.9 Å². The third kappa shape index (κ3) is 3.75. The molecule has 0 saturated carbocycles. The lowest BCUT2D eigenvalue weighted by Crippen LogP contribution is -2.36. The predicted octanol–water partition coefficient (Wildman–Crippen LogP) is 1.95. The van der Waals surface area contributed by atoms with E-state index in [9.17, 15) is 12.8 Å². The topological polar surface area (TPSA) is 66.4 Å². The summed E-state index contributed by atoms with van der Waals surface area (Å²) in [5.41, 5.74) is 0.293. The molecule has 1 rings (SSSR count). The molecule has 2 N–H and O–H groups in total. The Balaban J connectivity index is 3.25. The number of hydrogen-bond acceptors (Lipinski definition) is 3. The molecule has 6 heteroatoms. The van der Waals surface area contributed by atoms with E-state index in [0.29, 0.717) is 0 Å². The Hall–Kier alpha value is -0.980. The van der Waals surface area contributed by atoms with E-state index in [1.165, 1.54) is 13.0 Å². The second-order valence-corrected chi connectivity index (χ2v) is 6.70. The summed E-state index contributed by atoms with van der Waals surface area (Å²) >= 11 is 0. The first kappa shape index (κ1) is 16.1. The molecule has 0 aliphatic heterocycles. The molecule has 0 bridgehead atoms. The lowest BCUT2D eigenvalue weighted by atomic mass is 10.1. The quantitative estimate of drug-likeness (QED) is 0.870. The normalized spacial score (nSPS) is 13.8. The second kappa shape index (κ2) is 5.98. The van der Waals surface area contributed by atoms with E-state index < -0.39 is 22.4 Å². The largest absolute Gasteiger partial charge is 0.392 e. The zero-order valence-corrected chi connectivity index (χ0v) is 12.4. The van der Waals surface area contributed by atoms with Crippen LogP contribution in [0.3, 0.4) is 0 Å². The summed E-state index contributed by atoms with van der Waals surface area (Å²) in [7, 11) is -3.79. The van der Waals surface area contributed by atoms with Crippen molar-refractivity contribution in [2.45, 2.75) is 45.2 Å². The standard InChI is InChI=1S/C13H20FNO3S/c1-8(2)10(4)15-19(17,18)13-6-11(7-16)5-12(14)9(13)3/h5-6,8,10,15-16H,7H2,1-4H3. The fourth-order valence-corrected chi connectivity index (χ4v) is 3.22. The van der Waals surface area contributed by atoms with E-state index >= 15 is 0 Å². The van der Waals surface area contributed by atoms with Gasteiger partial charge in [0.05, 0.1) is 11.5 Å². The average molecular weight is 289 g/mol. The van der Waals surface area contributed by atoms with E-state index in [1.54, 1.807) is 6.92 Å². The predicted molar refractivity (Wildman–Crippen MR) is 71.7 cm³/mol. The van der Waals surface area contributed by atoms with Crippen LogP contribution in [0.25, 0.3) is 0 Å². The molecule has 108 valence electrons. The Morgan fingerprint density at radius 2 is 1.89 bits per heavy atom. The number of sulfonamides is 1. The molecule has 0 saturated heterocycles. The van der Waals surface area contributed by atoms with Crippen molar-refractivity contribution >= 4 is 10.0 Å². The number of aliphatic hydroxyl groups excluding tert-OH is 1. The van der Waals surface area contributed by atoms with Crippen LogP contribution in [0.15, 0.2) is 17.0 Å². The molecular formula is C13H20FNO3S. The van der Waals surface area contributed by atoms with E-state index in [2.05, 4.69) is 4.72 Å². The summed E-state index contributed by atoms with van der Waals surface area (Å²) in [4.78, 5) is -0.121. The fourth-order valence-electron chi connectivity index (χ4n) is 1.52. The van der Waals surface area contributed by atoms with Gasteiger partial charge in [-0.15, -0.1) is 0 Å². The zero-order chi connectivity index (χ0) is 14.8. The Morgan fingerprint density at radius 1 is 1.32 bits per heavy atom. The van der Waals surface area contributed by atoms with Crippen LogP contribution in [0.5, 0.6) is 0 Å². The first-order valence-electron chi connectivity index (χ1n) is 6.11. The Morgan fingerprint density at radius 3 is 2.37 bits per heavy atom. The van der Waals surface area contributed by atoms with Crippen molar-refractivity contribution in [1.82, 2.24) is 4.72 Å². The molecule has 0 aliphatic carbocycles. The zero-order valence-electron chi connectivity index (χ0n) is 11.6. The lowest BCUT2D eigenvalue weighted by molar-refractivity contribution is 0.281. The minimum atomic E-state index is -3.79. The average Bonchev–Trinajstić information content (AvgIpc) is 2.31. The van der Waals surface area contributed by atoms with Crippen molar-refractivity contribution in [3.05, 3.63) is 29.1 Å². The molecule has 0 aromatic heterocycles. The molecule has 1 aromatic rings. The molecular weight excluding hydrogens is 269 g/mol. The summed E-state index contributed by atoms with van der Waals surface area (Å²) in [6, 6.07) is 2.18. The van der Waals surface area contributed by atoms with E-state index in [0.717, 1.165) is 6.07 Å². The summed E-state index contributed by atoms with van der Waals surface area (Å²) in [5, 5.41) is 9.03. The first-order valence-corrected chi connectivity index (χ1v) is 7.59. The maximum atomic E-state index is 13.6. The summed E-state index contributed by atoms with van der Waals surface area (Å²) in [6.07, 6.45) is 0. The Labute approximate surface area is 113 Å². The Bertz CT molecular complexity index is 555. The number of hydrogen-bond donors (Lipinski definition) is 2. The molecule has 1 atom stereocenters. The van der Waals surface area contributed by atoms with E-state index in [-0.39, 0.29) is 28.0 Å². The highest BCUT2D eigenvalue weighted by Crippen LogP contribution is 2.21. The van der Waals surface area contributed by atoms with Crippen molar-refractivity contribution in [3.63, 3.8) is 0 Å². The van der Waals surface area contributed by atoms with Crippen molar-refractivity contribution in [2.75, 3.05) is 0 Å². The minimum absolute atomic E-state index is 0.0562. The maximum Gasteiger partial charge on any atom is 0.241 e. The van der Waals surface area contributed by atoms with Gasteiger partial charge in [-0.3, -0.25) is 0 Å². The molecule has 4 nitrogen and oxygen atoms in total. The van der Waals surface area contributed by atoms with Crippen molar-refractivity contribution in [3.8, 4) is 0 Å². The van der Waals surface area contributed by atoms with E-state index in [1.807, 2.05) is 13.8 Å². The van der Waals surface area contributed by atoms with Gasteiger partial charge in [0.25, 0.3) is 0 Å². The number of halogens is 1. The number of rotatable bonds is 5. The molecule has 0 fully saturated rings. The van der Waals surface area contributed by atoms with Crippen LogP contribution in [0, 0.1) is 18.7 Å². The van der Waals surface area contributed by atoms with Crippen molar-refractivity contribution < 1.29 is 17.9 Å². The summed E-state index contributed by atoms with van der Waals surface area (Å²) < 4.78 is 40.6. The highest BCUT2D eigenvalue weighted by molar-refractivity contribution is 7.89. The van der Waals surface area contributed by atoms with Gasteiger partial charge in [-0.25, -0.2) is 17.5 Å². The third-order valence-electron chi connectivity index (χ3n) is 3.17. The smallest absolute Gasteiger partial charge is 0.241 e. The van der Waals surface area contributed by atoms with Crippen LogP contribution < -0.4 is 4.72 Å². The highest BCUT2D eigenvalue weighted by Gasteiger charge is 2.23. The molecule has 19 heavy (non-hydrogen) atoms. The fraction of sp³-hybridized carbons (Fsp3) is 0.538. The number of aliphatic hydroxyl groups is 1. The van der Waals surface area contributed by atoms with Gasteiger partial charge >= 0.3 is 0 Å². The highest BCUT2D eigenvalue weighted by atomic mass is 32.2. The summed E-state index contributed by atoms with van der Waals surface area (Å²) in [6.45, 7) is 6.55. The molecule has 0 radical (unpaired) electrons. The molecule has 1 unspecified atom stereocenters. The van der Waals surface area contributed by atoms with E-state index in [4.69, 9.17) is 5.11 Å². The molecule has 0 spiro atoms. The second-order valence-electron chi connectivity index (χ2n) is 5.01. The van der Waals surface area contributed by atoms with Gasteiger partial charge in [0, 0.05) is 11.6 Å². The van der Waals surface area contributed by atoms with Gasteiger partial charge in [0.15, 0.2) is 0 Å². The van der Waals surface area contributed by atoms with Crippen molar-refractivity contribution in [2.24, 2.45) is 5.92 Å². The third-order valence-corrected chi connectivity index (χ3v) is 4.85. The lowest BCUT2D eigenvalue weighted by Gasteiger charge is -2.19. The van der Waals surface area contributed by atoms with Crippen LogP contribution in [0.4, 0.5) is 4.39 Å². The van der Waals surface area contributed by atoms with Gasteiger partial charge in [-0.1, -0.05) is 13.8 Å². The van der Waals surface area contributed by atoms with Crippen molar-refractivity contribution in [1.29, 1.82) is 0 Å². The maximum absolute atomic E-state index is 13.6. The van der Waals surface area contributed by atoms with Gasteiger partial charge in [0.2, 0.25) is 10.0 Å². The van der Waals surface area contributed by atoms with Crippen LogP contribution in [0.2, 0.25) is 0 Å². The monoisotopic (exact) mass is 289 g/mol. The Kier molecular flexibility index (Phi) is 5.06. The SMILES string of the molecule is Cc1c(F)cc(CO)cc1S(=O)(=O)NC(C)C(C)C. The van der Waals surface area contributed by atoms with Gasteiger partial charge in [0.1, 0.15) is 5.82 Å². The first-order chi connectivity index (χ1) is 8.69. The number of nitrogens with one attached hydrogen (secondary N) is 1. The van der Waals surface area contributed by atoms with Crippen LogP contribution >= 0.6 is 0 Å². The summed E-state index contributed by atoms with van der Waals surface area (Å²) in [5.74, 6) is -0.509. The van der Waals surface area contributed by atoms with Crippen LogP contribution in [-0.2, 0) is 16.6 Å². The molecule has 0 aliphatic rings. The van der Waals surface area contributed by atoms with Gasteiger partial charge < -0.3 is 5.11 Å². The number of benzene rings is 1.